The largest absolute Gasteiger partial charge is 0.382 e. The van der Waals surface area contributed by atoms with Crippen LogP contribution in [0.1, 0.15) is 0 Å². The molecule has 18 heavy (non-hydrogen) atoms. The maximum Gasteiger partial charge on any atom is 0.145 e. The SMILES string of the molecule is Nc1cc(-c2ccc(-n3ccnc3)c(Cl)c2)[nH]n1. The van der Waals surface area contributed by atoms with Gasteiger partial charge in [0.05, 0.1) is 22.7 Å². The van der Waals surface area contributed by atoms with Crippen molar-refractivity contribution in [1.29, 1.82) is 0 Å². The maximum absolute atomic E-state index is 6.26. The first-order chi connectivity index (χ1) is 8.74. The van der Waals surface area contributed by atoms with E-state index in [2.05, 4.69) is 15.2 Å². The first-order valence-electron chi connectivity index (χ1n) is 5.33. The van der Waals surface area contributed by atoms with Crippen LogP contribution in [-0.4, -0.2) is 19.7 Å². The van der Waals surface area contributed by atoms with Gasteiger partial charge in [0.2, 0.25) is 0 Å². The topological polar surface area (TPSA) is 72.5 Å². The van der Waals surface area contributed by atoms with Gasteiger partial charge >= 0.3 is 0 Å². The molecule has 0 saturated heterocycles. The molecule has 0 radical (unpaired) electrons. The average Bonchev–Trinajstić information content (AvgIpc) is 2.99. The average molecular weight is 260 g/mol. The van der Waals surface area contributed by atoms with Gasteiger partial charge in [-0.2, -0.15) is 5.10 Å². The number of nitrogens with two attached hydrogens (primary N) is 1. The highest BCUT2D eigenvalue weighted by Crippen LogP contribution is 2.27. The fraction of sp³-hybridized carbons (Fsp3) is 0. The van der Waals surface area contributed by atoms with Crippen molar-refractivity contribution >= 4 is 17.4 Å². The van der Waals surface area contributed by atoms with E-state index < -0.39 is 0 Å². The van der Waals surface area contributed by atoms with Gasteiger partial charge in [-0.1, -0.05) is 17.7 Å². The zero-order chi connectivity index (χ0) is 12.5. The summed E-state index contributed by atoms with van der Waals surface area (Å²) in [5, 5.41) is 7.38. The van der Waals surface area contributed by atoms with Gasteiger partial charge in [-0.3, -0.25) is 5.10 Å². The Labute approximate surface area is 108 Å². The molecular formula is C12H10ClN5. The summed E-state index contributed by atoms with van der Waals surface area (Å²) < 4.78 is 1.85. The monoisotopic (exact) mass is 259 g/mol. The molecule has 0 saturated carbocycles. The molecule has 2 heterocycles. The second-order valence-corrected chi connectivity index (χ2v) is 4.25. The summed E-state index contributed by atoms with van der Waals surface area (Å²) in [5.41, 5.74) is 8.23. The van der Waals surface area contributed by atoms with Crippen molar-refractivity contribution in [1.82, 2.24) is 19.7 Å². The van der Waals surface area contributed by atoms with Crippen LogP contribution in [0.25, 0.3) is 16.9 Å². The summed E-state index contributed by atoms with van der Waals surface area (Å²) in [6.07, 6.45) is 5.25. The van der Waals surface area contributed by atoms with Crippen molar-refractivity contribution < 1.29 is 0 Å². The number of hydrogen-bond donors (Lipinski definition) is 2. The van der Waals surface area contributed by atoms with E-state index in [4.69, 9.17) is 17.3 Å². The van der Waals surface area contributed by atoms with Gasteiger partial charge in [-0.15, -0.1) is 0 Å². The second-order valence-electron chi connectivity index (χ2n) is 3.84. The fourth-order valence-corrected chi connectivity index (χ4v) is 2.05. The molecule has 0 atom stereocenters. The number of imidazole rings is 1. The second kappa shape index (κ2) is 4.19. The van der Waals surface area contributed by atoms with Gasteiger partial charge < -0.3 is 10.3 Å². The minimum absolute atomic E-state index is 0.458. The minimum Gasteiger partial charge on any atom is -0.382 e. The first-order valence-corrected chi connectivity index (χ1v) is 5.71. The number of halogens is 1. The minimum atomic E-state index is 0.458. The van der Waals surface area contributed by atoms with Crippen molar-refractivity contribution in [2.24, 2.45) is 0 Å². The molecule has 3 N–H and O–H groups in total. The van der Waals surface area contributed by atoms with E-state index in [1.807, 2.05) is 29.0 Å². The van der Waals surface area contributed by atoms with Gasteiger partial charge in [-0.25, -0.2) is 4.98 Å². The lowest BCUT2D eigenvalue weighted by Gasteiger charge is -2.06. The van der Waals surface area contributed by atoms with Crippen molar-refractivity contribution in [2.75, 3.05) is 5.73 Å². The zero-order valence-corrected chi connectivity index (χ0v) is 10.1. The number of rotatable bonds is 2. The van der Waals surface area contributed by atoms with Crippen molar-refractivity contribution in [3.8, 4) is 16.9 Å². The van der Waals surface area contributed by atoms with Gasteiger partial charge in [0.15, 0.2) is 0 Å². The Balaban J connectivity index is 2.04. The Hall–Kier alpha value is -2.27. The molecule has 2 aromatic heterocycles. The number of H-pyrrole nitrogens is 1. The molecular weight excluding hydrogens is 250 g/mol. The number of anilines is 1. The molecule has 0 fully saturated rings. The number of benzene rings is 1. The van der Waals surface area contributed by atoms with Crippen LogP contribution in [0.3, 0.4) is 0 Å². The third-order valence-corrected chi connectivity index (χ3v) is 2.94. The van der Waals surface area contributed by atoms with Crippen molar-refractivity contribution in [3.63, 3.8) is 0 Å². The van der Waals surface area contributed by atoms with Crippen molar-refractivity contribution in [3.05, 3.63) is 48.0 Å². The number of aromatic amines is 1. The molecule has 0 aliphatic heterocycles. The van der Waals surface area contributed by atoms with E-state index in [-0.39, 0.29) is 0 Å². The molecule has 6 heteroatoms. The Morgan fingerprint density at radius 3 is 2.78 bits per heavy atom. The van der Waals surface area contributed by atoms with E-state index in [0.717, 1.165) is 16.9 Å². The summed E-state index contributed by atoms with van der Waals surface area (Å²) in [6, 6.07) is 7.51. The van der Waals surface area contributed by atoms with E-state index in [9.17, 15) is 0 Å². The third kappa shape index (κ3) is 1.84. The van der Waals surface area contributed by atoms with Crippen LogP contribution in [0.15, 0.2) is 43.0 Å². The highest BCUT2D eigenvalue weighted by atomic mass is 35.5. The van der Waals surface area contributed by atoms with Gasteiger partial charge in [0, 0.05) is 24.0 Å². The number of nitrogens with zero attached hydrogens (tertiary/aromatic N) is 3. The number of hydrogen-bond acceptors (Lipinski definition) is 3. The third-order valence-electron chi connectivity index (χ3n) is 2.64. The molecule has 3 aromatic rings. The Morgan fingerprint density at radius 1 is 1.28 bits per heavy atom. The highest BCUT2D eigenvalue weighted by molar-refractivity contribution is 6.32. The van der Waals surface area contributed by atoms with Crippen molar-refractivity contribution in [2.45, 2.75) is 0 Å². The summed E-state index contributed by atoms with van der Waals surface area (Å²) in [5.74, 6) is 0.458. The lowest BCUT2D eigenvalue weighted by molar-refractivity contribution is 1.06. The fourth-order valence-electron chi connectivity index (χ4n) is 1.77. The predicted octanol–water partition coefficient (Wildman–Crippen LogP) is 2.50. The zero-order valence-electron chi connectivity index (χ0n) is 9.34. The lowest BCUT2D eigenvalue weighted by Crippen LogP contribution is -1.91. The van der Waals surface area contributed by atoms with Crippen LogP contribution in [-0.2, 0) is 0 Å². The van der Waals surface area contributed by atoms with E-state index in [1.54, 1.807) is 18.6 Å². The van der Waals surface area contributed by atoms with Crippen LogP contribution in [0.2, 0.25) is 5.02 Å². The summed E-state index contributed by atoms with van der Waals surface area (Å²) in [4.78, 5) is 4.00. The van der Waals surface area contributed by atoms with E-state index in [0.29, 0.717) is 10.8 Å². The lowest BCUT2D eigenvalue weighted by atomic mass is 10.1. The predicted molar refractivity (Wildman–Crippen MR) is 70.6 cm³/mol. The van der Waals surface area contributed by atoms with E-state index >= 15 is 0 Å². The Kier molecular flexibility index (Phi) is 2.53. The van der Waals surface area contributed by atoms with Gasteiger partial charge in [0.1, 0.15) is 5.82 Å². The number of nitrogens with one attached hydrogen (secondary N) is 1. The summed E-state index contributed by atoms with van der Waals surface area (Å²) in [6.45, 7) is 0. The molecule has 0 amide bonds. The molecule has 0 aliphatic carbocycles. The highest BCUT2D eigenvalue weighted by Gasteiger charge is 2.06. The standard InChI is InChI=1S/C12H10ClN5/c13-9-5-8(10-6-12(14)17-16-10)1-2-11(9)18-4-3-15-7-18/h1-7H,(H3,14,16,17). The first kappa shape index (κ1) is 10.9. The Morgan fingerprint density at radius 2 is 2.17 bits per heavy atom. The molecule has 5 nitrogen and oxygen atoms in total. The number of aromatic nitrogens is 4. The smallest absolute Gasteiger partial charge is 0.145 e. The molecule has 3 rings (SSSR count). The van der Waals surface area contributed by atoms with Crippen LogP contribution < -0.4 is 5.73 Å². The number of nitrogen functional groups attached to an aromatic ring is 1. The molecule has 0 spiro atoms. The summed E-state index contributed by atoms with van der Waals surface area (Å²) >= 11 is 6.26. The molecule has 0 bridgehead atoms. The molecule has 0 aliphatic rings. The van der Waals surface area contributed by atoms with Crippen LogP contribution in [0.4, 0.5) is 5.82 Å². The van der Waals surface area contributed by atoms with Crippen LogP contribution in [0.5, 0.6) is 0 Å². The Bertz CT molecular complexity index is 672. The normalized spacial score (nSPS) is 10.7. The quantitative estimate of drug-likeness (QED) is 0.743. The molecule has 0 unspecified atom stereocenters. The molecule has 90 valence electrons. The summed E-state index contributed by atoms with van der Waals surface area (Å²) in [7, 11) is 0. The van der Waals surface area contributed by atoms with Gasteiger partial charge in [-0.05, 0) is 12.1 Å². The van der Waals surface area contributed by atoms with Gasteiger partial charge in [0.25, 0.3) is 0 Å². The molecule has 1 aromatic carbocycles. The van der Waals surface area contributed by atoms with Crippen LogP contribution >= 0.6 is 11.6 Å². The van der Waals surface area contributed by atoms with Crippen LogP contribution in [0, 0.1) is 0 Å². The maximum atomic E-state index is 6.26. The van der Waals surface area contributed by atoms with E-state index in [1.165, 1.54) is 0 Å².